The molecule has 1 fully saturated rings. The van der Waals surface area contributed by atoms with Crippen LogP contribution in [0.3, 0.4) is 0 Å². The van der Waals surface area contributed by atoms with Gasteiger partial charge >= 0.3 is 0 Å². The number of nitrogens with zero attached hydrogens (tertiary/aromatic N) is 1. The first-order valence-electron chi connectivity index (χ1n) is 9.04. The predicted molar refractivity (Wildman–Crippen MR) is 116 cm³/mol. The zero-order valence-electron chi connectivity index (χ0n) is 15.7. The Morgan fingerprint density at radius 2 is 1.93 bits per heavy atom. The first-order valence-corrected chi connectivity index (χ1v) is 12.1. The summed E-state index contributed by atoms with van der Waals surface area (Å²) < 4.78 is 40.7. The van der Waals surface area contributed by atoms with Gasteiger partial charge in [-0.25, -0.2) is 17.5 Å². The van der Waals surface area contributed by atoms with E-state index in [-0.39, 0.29) is 17.0 Å². The van der Waals surface area contributed by atoms with Crippen molar-refractivity contribution in [2.24, 2.45) is 0 Å². The Labute approximate surface area is 178 Å². The molecule has 1 heterocycles. The molecule has 0 aromatic heterocycles. The Kier molecular flexibility index (Phi) is 7.05. The minimum Gasteiger partial charge on any atom is -0.369 e. The molecule has 1 aliphatic heterocycles. The second kappa shape index (κ2) is 9.34. The van der Waals surface area contributed by atoms with E-state index in [1.807, 2.05) is 17.8 Å². The molecule has 0 unspecified atom stereocenters. The third kappa shape index (κ3) is 5.22. The van der Waals surface area contributed by atoms with Gasteiger partial charge in [-0.15, -0.1) is 0 Å². The normalized spacial score (nSPS) is 14.7. The molecule has 0 spiro atoms. The fourth-order valence-corrected chi connectivity index (χ4v) is 5.23. The van der Waals surface area contributed by atoms with Crippen LogP contribution in [-0.4, -0.2) is 45.5 Å². The quantitative estimate of drug-likeness (QED) is 0.693. The van der Waals surface area contributed by atoms with Crippen molar-refractivity contribution in [3.05, 3.63) is 52.8 Å². The zero-order chi connectivity index (χ0) is 21.0. The number of benzene rings is 2. The largest absolute Gasteiger partial charge is 0.369 e. The molecule has 6 nitrogen and oxygen atoms in total. The summed E-state index contributed by atoms with van der Waals surface area (Å²) in [6.07, 6.45) is 0. The van der Waals surface area contributed by atoms with Crippen LogP contribution in [0.1, 0.15) is 17.3 Å². The molecule has 1 aliphatic rings. The van der Waals surface area contributed by atoms with Crippen LogP contribution >= 0.6 is 23.4 Å². The molecule has 156 valence electrons. The lowest BCUT2D eigenvalue weighted by molar-refractivity contribution is 0.102. The molecule has 2 aromatic carbocycles. The smallest absolute Gasteiger partial charge is 0.258 e. The lowest BCUT2D eigenvalue weighted by Crippen LogP contribution is -2.32. The Bertz CT molecular complexity index is 1010. The Morgan fingerprint density at radius 1 is 1.21 bits per heavy atom. The highest BCUT2D eigenvalue weighted by Gasteiger charge is 2.20. The van der Waals surface area contributed by atoms with Gasteiger partial charge in [0.05, 0.1) is 21.2 Å². The zero-order valence-corrected chi connectivity index (χ0v) is 18.1. The molecule has 29 heavy (non-hydrogen) atoms. The van der Waals surface area contributed by atoms with Gasteiger partial charge in [0.2, 0.25) is 10.0 Å². The van der Waals surface area contributed by atoms with Crippen LogP contribution in [0.15, 0.2) is 41.3 Å². The van der Waals surface area contributed by atoms with Crippen molar-refractivity contribution in [2.45, 2.75) is 11.8 Å². The standard InChI is InChI=1S/C19H21ClFN3O3S2/c1-2-22-29(26,27)14-4-5-17(21)15(12-14)19(25)23-13-3-6-18(16(20)11-13)24-7-9-28-10-8-24/h3-6,11-12,22H,2,7-10H2,1H3,(H,23,25). The average molecular weight is 458 g/mol. The van der Waals surface area contributed by atoms with E-state index in [1.54, 1.807) is 19.1 Å². The number of carbonyl (C=O) groups excluding carboxylic acids is 1. The lowest BCUT2D eigenvalue weighted by Gasteiger charge is -2.29. The molecule has 0 saturated carbocycles. The van der Waals surface area contributed by atoms with Gasteiger partial charge in [0.25, 0.3) is 5.91 Å². The second-order valence-electron chi connectivity index (χ2n) is 6.36. The van der Waals surface area contributed by atoms with E-state index in [4.69, 9.17) is 11.6 Å². The van der Waals surface area contributed by atoms with Crippen LogP contribution < -0.4 is 14.9 Å². The van der Waals surface area contributed by atoms with Crippen LogP contribution in [0.4, 0.5) is 15.8 Å². The van der Waals surface area contributed by atoms with Gasteiger partial charge in [0, 0.05) is 36.8 Å². The predicted octanol–water partition coefficient (Wildman–Crippen LogP) is 3.58. The van der Waals surface area contributed by atoms with E-state index in [2.05, 4.69) is 14.9 Å². The summed E-state index contributed by atoms with van der Waals surface area (Å²) in [6, 6.07) is 8.21. The van der Waals surface area contributed by atoms with Crippen molar-refractivity contribution in [3.8, 4) is 0 Å². The van der Waals surface area contributed by atoms with E-state index in [1.165, 1.54) is 0 Å². The molecule has 10 heteroatoms. The summed E-state index contributed by atoms with van der Waals surface area (Å²) in [4.78, 5) is 14.5. The van der Waals surface area contributed by atoms with Crippen LogP contribution in [0.2, 0.25) is 5.02 Å². The molecule has 0 aliphatic carbocycles. The van der Waals surface area contributed by atoms with Crippen LogP contribution in [0.5, 0.6) is 0 Å². The molecule has 3 rings (SSSR count). The maximum absolute atomic E-state index is 14.2. The second-order valence-corrected chi connectivity index (χ2v) is 9.76. The number of hydrogen-bond donors (Lipinski definition) is 2. The number of thioether (sulfide) groups is 1. The maximum atomic E-state index is 14.2. The number of halogens is 2. The molecule has 0 bridgehead atoms. The summed E-state index contributed by atoms with van der Waals surface area (Å²) in [5, 5.41) is 3.06. The van der Waals surface area contributed by atoms with Crippen molar-refractivity contribution in [2.75, 3.05) is 41.4 Å². The molecule has 1 saturated heterocycles. The first kappa shape index (κ1) is 21.9. The number of rotatable bonds is 6. The molecule has 2 N–H and O–H groups in total. The first-order chi connectivity index (χ1) is 13.8. The molecule has 1 amide bonds. The van der Waals surface area contributed by atoms with Crippen molar-refractivity contribution < 1.29 is 17.6 Å². The molecule has 0 atom stereocenters. The number of carbonyl (C=O) groups is 1. The van der Waals surface area contributed by atoms with Crippen molar-refractivity contribution in [1.82, 2.24) is 4.72 Å². The fraction of sp³-hybridized carbons (Fsp3) is 0.316. The SMILES string of the molecule is CCNS(=O)(=O)c1ccc(F)c(C(=O)Nc2ccc(N3CCSCC3)c(Cl)c2)c1. The highest BCUT2D eigenvalue weighted by Crippen LogP contribution is 2.31. The topological polar surface area (TPSA) is 78.5 Å². The van der Waals surface area contributed by atoms with Gasteiger partial charge in [-0.1, -0.05) is 18.5 Å². The van der Waals surface area contributed by atoms with E-state index in [0.29, 0.717) is 10.7 Å². The fourth-order valence-electron chi connectivity index (χ4n) is 2.96. The van der Waals surface area contributed by atoms with Gasteiger partial charge in [-0.2, -0.15) is 11.8 Å². The van der Waals surface area contributed by atoms with Gasteiger partial charge in [0.1, 0.15) is 5.82 Å². The number of hydrogen-bond acceptors (Lipinski definition) is 5. The van der Waals surface area contributed by atoms with Gasteiger partial charge in [-0.3, -0.25) is 4.79 Å². The van der Waals surface area contributed by atoms with Crippen LogP contribution in [0.25, 0.3) is 0 Å². The van der Waals surface area contributed by atoms with Gasteiger partial charge in [0.15, 0.2) is 0 Å². The summed E-state index contributed by atoms with van der Waals surface area (Å²) in [5.41, 5.74) is 0.918. The summed E-state index contributed by atoms with van der Waals surface area (Å²) in [5.74, 6) is 0.487. The molecular formula is C19H21ClFN3O3S2. The third-order valence-electron chi connectivity index (χ3n) is 4.38. The van der Waals surface area contributed by atoms with E-state index >= 15 is 0 Å². The van der Waals surface area contributed by atoms with Crippen LogP contribution in [-0.2, 0) is 10.0 Å². The number of amides is 1. The molecular weight excluding hydrogens is 437 g/mol. The maximum Gasteiger partial charge on any atom is 0.258 e. The Hall–Kier alpha value is -1.81. The van der Waals surface area contributed by atoms with Crippen molar-refractivity contribution >= 4 is 50.7 Å². The highest BCUT2D eigenvalue weighted by molar-refractivity contribution is 7.99. The highest BCUT2D eigenvalue weighted by atomic mass is 35.5. The minimum atomic E-state index is -3.81. The Balaban J connectivity index is 1.80. The van der Waals surface area contributed by atoms with Gasteiger partial charge < -0.3 is 10.2 Å². The van der Waals surface area contributed by atoms with Crippen LogP contribution in [0, 0.1) is 5.82 Å². The number of anilines is 2. The lowest BCUT2D eigenvalue weighted by atomic mass is 10.2. The van der Waals surface area contributed by atoms with Crippen molar-refractivity contribution in [3.63, 3.8) is 0 Å². The summed E-state index contributed by atoms with van der Waals surface area (Å²) in [7, 11) is -3.81. The number of sulfonamides is 1. The van der Waals surface area contributed by atoms with E-state index < -0.39 is 21.7 Å². The third-order valence-corrected chi connectivity index (χ3v) is 7.17. The van der Waals surface area contributed by atoms with Gasteiger partial charge in [-0.05, 0) is 36.4 Å². The Morgan fingerprint density at radius 3 is 2.59 bits per heavy atom. The number of nitrogens with one attached hydrogen (secondary N) is 2. The monoisotopic (exact) mass is 457 g/mol. The minimum absolute atomic E-state index is 0.178. The van der Waals surface area contributed by atoms with E-state index in [9.17, 15) is 17.6 Å². The average Bonchev–Trinajstić information content (AvgIpc) is 2.69. The molecule has 2 aromatic rings. The molecule has 0 radical (unpaired) electrons. The van der Waals surface area contributed by atoms with E-state index in [0.717, 1.165) is 48.5 Å². The van der Waals surface area contributed by atoms with Crippen molar-refractivity contribution in [1.29, 1.82) is 0 Å². The summed E-state index contributed by atoms with van der Waals surface area (Å²) in [6.45, 7) is 3.61. The summed E-state index contributed by atoms with van der Waals surface area (Å²) >= 11 is 8.27.